The molecular formula is C18H17N3O3S3. The quantitative estimate of drug-likeness (QED) is 0.437. The van der Waals surface area contributed by atoms with Crippen LogP contribution in [0.25, 0.3) is 11.3 Å². The topological polar surface area (TPSA) is 81.2 Å². The van der Waals surface area contributed by atoms with Crippen molar-refractivity contribution in [2.24, 2.45) is 0 Å². The first-order chi connectivity index (χ1) is 13.1. The Balaban J connectivity index is 1.48. The van der Waals surface area contributed by atoms with Crippen molar-refractivity contribution >= 4 is 51.4 Å². The summed E-state index contributed by atoms with van der Waals surface area (Å²) in [7, 11) is 0. The third kappa shape index (κ3) is 5.88. The van der Waals surface area contributed by atoms with Crippen LogP contribution in [0.2, 0.25) is 0 Å². The Bertz CT molecular complexity index is 909. The summed E-state index contributed by atoms with van der Waals surface area (Å²) >= 11 is 4.19. The van der Waals surface area contributed by atoms with E-state index in [4.69, 9.17) is 4.74 Å². The largest absolute Gasteiger partial charge is 0.466 e. The van der Waals surface area contributed by atoms with Gasteiger partial charge in [-0.15, -0.1) is 22.7 Å². The summed E-state index contributed by atoms with van der Waals surface area (Å²) in [6.07, 6.45) is 0.107. The Kier molecular flexibility index (Phi) is 6.97. The molecular weight excluding hydrogens is 402 g/mol. The van der Waals surface area contributed by atoms with Gasteiger partial charge in [0.05, 0.1) is 30.2 Å². The van der Waals surface area contributed by atoms with Crippen molar-refractivity contribution in [1.29, 1.82) is 0 Å². The third-order valence-electron chi connectivity index (χ3n) is 3.31. The Morgan fingerprint density at radius 1 is 1.15 bits per heavy atom. The predicted octanol–water partition coefficient (Wildman–Crippen LogP) is 4.10. The fraction of sp³-hybridized carbons (Fsp3) is 0.222. The van der Waals surface area contributed by atoms with Crippen LogP contribution < -0.4 is 5.32 Å². The monoisotopic (exact) mass is 419 g/mol. The van der Waals surface area contributed by atoms with Crippen LogP contribution in [0.3, 0.4) is 0 Å². The Morgan fingerprint density at radius 3 is 2.74 bits per heavy atom. The van der Waals surface area contributed by atoms with Crippen LogP contribution in [-0.4, -0.2) is 34.2 Å². The summed E-state index contributed by atoms with van der Waals surface area (Å²) in [4.78, 5) is 32.4. The standard InChI is InChI=1S/C18H17N3O3S3/c1-2-24-16(23)8-13-9-25-17(19-13)21-15(22)11-27-18-20-14(10-26-18)12-6-4-3-5-7-12/h3-7,9-10H,2,8,11H2,1H3,(H,19,21,22). The van der Waals surface area contributed by atoms with Crippen molar-refractivity contribution in [3.63, 3.8) is 0 Å². The normalized spacial score (nSPS) is 10.6. The van der Waals surface area contributed by atoms with Crippen molar-refractivity contribution in [3.05, 3.63) is 46.8 Å². The molecule has 140 valence electrons. The van der Waals surface area contributed by atoms with Gasteiger partial charge in [-0.3, -0.25) is 9.59 Å². The zero-order valence-corrected chi connectivity index (χ0v) is 17.0. The first-order valence-electron chi connectivity index (χ1n) is 8.17. The SMILES string of the molecule is CCOC(=O)Cc1csc(NC(=O)CSc2nc(-c3ccccc3)cs2)n1. The number of carbonyl (C=O) groups excluding carboxylic acids is 2. The molecule has 0 spiro atoms. The van der Waals surface area contributed by atoms with Gasteiger partial charge < -0.3 is 10.1 Å². The summed E-state index contributed by atoms with van der Waals surface area (Å²) in [5, 5.41) is 6.95. The van der Waals surface area contributed by atoms with Gasteiger partial charge >= 0.3 is 5.97 Å². The minimum atomic E-state index is -0.325. The molecule has 3 aromatic rings. The number of hydrogen-bond acceptors (Lipinski definition) is 8. The van der Waals surface area contributed by atoms with Gasteiger partial charge in [-0.05, 0) is 6.92 Å². The summed E-state index contributed by atoms with van der Waals surface area (Å²) < 4.78 is 5.73. The van der Waals surface area contributed by atoms with E-state index in [1.54, 1.807) is 12.3 Å². The van der Waals surface area contributed by atoms with Crippen molar-refractivity contribution in [3.8, 4) is 11.3 Å². The van der Waals surface area contributed by atoms with Crippen LogP contribution >= 0.6 is 34.4 Å². The number of benzene rings is 1. The van der Waals surface area contributed by atoms with Crippen molar-refractivity contribution in [1.82, 2.24) is 9.97 Å². The molecule has 27 heavy (non-hydrogen) atoms. The van der Waals surface area contributed by atoms with Crippen molar-refractivity contribution < 1.29 is 14.3 Å². The molecule has 0 aliphatic carbocycles. The summed E-state index contributed by atoms with van der Waals surface area (Å²) in [5.74, 6) is -0.239. The number of ether oxygens (including phenoxy) is 1. The second-order valence-corrected chi connectivity index (χ2v) is 8.27. The van der Waals surface area contributed by atoms with Crippen LogP contribution in [0.5, 0.6) is 0 Å². The molecule has 0 unspecified atom stereocenters. The highest BCUT2D eigenvalue weighted by molar-refractivity contribution is 8.01. The minimum absolute atomic E-state index is 0.107. The van der Waals surface area contributed by atoms with Gasteiger partial charge in [0.1, 0.15) is 0 Å². The second kappa shape index (κ2) is 9.63. The Labute approximate surface area is 169 Å². The maximum Gasteiger partial charge on any atom is 0.311 e. The van der Waals surface area contributed by atoms with Gasteiger partial charge in [-0.1, -0.05) is 42.1 Å². The van der Waals surface area contributed by atoms with E-state index >= 15 is 0 Å². The molecule has 6 nitrogen and oxygen atoms in total. The molecule has 0 aliphatic rings. The maximum atomic E-state index is 12.1. The van der Waals surface area contributed by atoms with Gasteiger partial charge in [0.25, 0.3) is 0 Å². The third-order valence-corrected chi connectivity index (χ3v) is 6.14. The highest BCUT2D eigenvalue weighted by Gasteiger charge is 2.12. The van der Waals surface area contributed by atoms with E-state index in [1.807, 2.05) is 35.7 Å². The molecule has 9 heteroatoms. The zero-order chi connectivity index (χ0) is 19.1. The van der Waals surface area contributed by atoms with E-state index in [0.717, 1.165) is 15.6 Å². The van der Waals surface area contributed by atoms with Gasteiger partial charge in [0.15, 0.2) is 9.47 Å². The summed E-state index contributed by atoms with van der Waals surface area (Å²) in [5.41, 5.74) is 2.56. The fourth-order valence-electron chi connectivity index (χ4n) is 2.15. The first-order valence-corrected chi connectivity index (χ1v) is 10.9. The number of nitrogens with zero attached hydrogens (tertiary/aromatic N) is 2. The molecule has 0 saturated carbocycles. The molecule has 1 amide bonds. The lowest BCUT2D eigenvalue weighted by Gasteiger charge is -2.00. The predicted molar refractivity (Wildman–Crippen MR) is 109 cm³/mol. The number of esters is 1. The van der Waals surface area contributed by atoms with Crippen LogP contribution in [0.1, 0.15) is 12.6 Å². The lowest BCUT2D eigenvalue weighted by molar-refractivity contribution is -0.142. The number of rotatable bonds is 8. The van der Waals surface area contributed by atoms with Crippen molar-refractivity contribution in [2.45, 2.75) is 17.7 Å². The number of anilines is 1. The number of nitrogens with one attached hydrogen (secondary N) is 1. The van der Waals surface area contributed by atoms with Crippen LogP contribution in [0.15, 0.2) is 45.4 Å². The van der Waals surface area contributed by atoms with Gasteiger partial charge in [-0.2, -0.15) is 0 Å². The number of aromatic nitrogens is 2. The van der Waals surface area contributed by atoms with Crippen LogP contribution in [0, 0.1) is 0 Å². The Morgan fingerprint density at radius 2 is 1.96 bits per heavy atom. The van der Waals surface area contributed by atoms with E-state index < -0.39 is 0 Å². The highest BCUT2D eigenvalue weighted by atomic mass is 32.2. The molecule has 1 aromatic carbocycles. The van der Waals surface area contributed by atoms with E-state index in [9.17, 15) is 9.59 Å². The molecule has 0 bridgehead atoms. The molecule has 1 N–H and O–H groups in total. The highest BCUT2D eigenvalue weighted by Crippen LogP contribution is 2.28. The van der Waals surface area contributed by atoms with E-state index in [0.29, 0.717) is 17.4 Å². The number of thioether (sulfide) groups is 1. The lowest BCUT2D eigenvalue weighted by atomic mass is 10.2. The summed E-state index contributed by atoms with van der Waals surface area (Å²) in [6, 6.07) is 9.92. The van der Waals surface area contributed by atoms with Crippen molar-refractivity contribution in [2.75, 3.05) is 17.7 Å². The molecule has 3 rings (SSSR count). The van der Waals surface area contributed by atoms with Gasteiger partial charge in [-0.25, -0.2) is 9.97 Å². The molecule has 0 atom stereocenters. The Hall–Kier alpha value is -2.23. The second-order valence-electron chi connectivity index (χ2n) is 5.33. The van der Waals surface area contributed by atoms with E-state index in [1.165, 1.54) is 34.4 Å². The smallest absolute Gasteiger partial charge is 0.311 e. The zero-order valence-electron chi connectivity index (χ0n) is 14.5. The number of thiazole rings is 2. The average molecular weight is 420 g/mol. The molecule has 2 heterocycles. The van der Waals surface area contributed by atoms with E-state index in [-0.39, 0.29) is 24.1 Å². The van der Waals surface area contributed by atoms with Crippen LogP contribution in [0.4, 0.5) is 5.13 Å². The molecule has 0 aliphatic heterocycles. The maximum absolute atomic E-state index is 12.1. The number of hydrogen-bond donors (Lipinski definition) is 1. The number of carbonyl (C=O) groups is 2. The van der Waals surface area contributed by atoms with E-state index in [2.05, 4.69) is 15.3 Å². The minimum Gasteiger partial charge on any atom is -0.466 e. The average Bonchev–Trinajstić information content (AvgIpc) is 3.30. The molecule has 0 fully saturated rings. The lowest BCUT2D eigenvalue weighted by Crippen LogP contribution is -2.14. The van der Waals surface area contributed by atoms with Crippen LogP contribution in [-0.2, 0) is 20.7 Å². The summed E-state index contributed by atoms with van der Waals surface area (Å²) in [6.45, 7) is 2.10. The number of amides is 1. The molecule has 2 aromatic heterocycles. The first kappa shape index (κ1) is 19.5. The van der Waals surface area contributed by atoms with Gasteiger partial charge in [0.2, 0.25) is 5.91 Å². The fourth-order valence-corrected chi connectivity index (χ4v) is 4.51. The molecule has 0 saturated heterocycles. The molecule has 0 radical (unpaired) electrons. The van der Waals surface area contributed by atoms with Gasteiger partial charge in [0, 0.05) is 16.3 Å².